The van der Waals surface area contributed by atoms with Gasteiger partial charge in [-0.15, -0.1) is 0 Å². The SMILES string of the molecule is C=C(CC(C)C(F)=CC)C1(c2ccc(N3CCCCC3)cc2)C=CC(=C2C(=c3cc(F)cc(F)c3=C)c3cc(Br)cc(Br)c3C2(C)C)CO1. The molecule has 2 unspecified atom stereocenters. The molecule has 3 aromatic carbocycles. The van der Waals surface area contributed by atoms with Crippen LogP contribution < -0.4 is 15.3 Å². The summed E-state index contributed by atoms with van der Waals surface area (Å²) in [7, 11) is 0. The first-order valence-electron chi connectivity index (χ1n) is 16.9. The number of hydrogen-bond donors (Lipinski definition) is 0. The van der Waals surface area contributed by atoms with Crippen molar-refractivity contribution in [3.8, 4) is 0 Å². The standard InChI is InChI=1S/C42H42Br2F3NO/c1-7-36(46)25(2)19-26(3)42(29-11-13-32(14-12-29)48-17-9-8-10-18-48)16-15-28(24-49-42)39-38(33-22-31(45)23-37(47)27(33)4)34-20-30(43)21-35(44)40(34)41(39,5)6/h7,11-16,20-23,25H,3-4,8-10,17-19,24H2,1-2,5-6H3. The summed E-state index contributed by atoms with van der Waals surface area (Å²) in [6, 6.07) is 14.7. The van der Waals surface area contributed by atoms with Crippen LogP contribution >= 0.6 is 31.9 Å². The Hall–Kier alpha value is -3.13. The zero-order valence-electron chi connectivity index (χ0n) is 28.5. The molecule has 7 heteroatoms. The summed E-state index contributed by atoms with van der Waals surface area (Å²) < 4.78 is 53.4. The van der Waals surface area contributed by atoms with E-state index in [9.17, 15) is 8.78 Å². The van der Waals surface area contributed by atoms with Crippen molar-refractivity contribution in [2.24, 2.45) is 5.92 Å². The Kier molecular flexibility index (Phi) is 10.1. The van der Waals surface area contributed by atoms with E-state index < -0.39 is 22.7 Å². The van der Waals surface area contributed by atoms with E-state index in [0.29, 0.717) is 11.6 Å². The second-order valence-electron chi connectivity index (χ2n) is 14.0. The van der Waals surface area contributed by atoms with Crippen LogP contribution in [0.2, 0.25) is 0 Å². The molecule has 2 aliphatic heterocycles. The number of piperidine rings is 1. The molecule has 3 aliphatic rings. The third-order valence-corrected chi connectivity index (χ3v) is 11.5. The molecule has 0 bridgehead atoms. The highest BCUT2D eigenvalue weighted by molar-refractivity contribution is 9.11. The Balaban J connectivity index is 1.54. The monoisotopic (exact) mass is 791 g/mol. The largest absolute Gasteiger partial charge is 0.372 e. The van der Waals surface area contributed by atoms with E-state index in [4.69, 9.17) is 4.74 Å². The van der Waals surface area contributed by atoms with Crippen LogP contribution in [-0.4, -0.2) is 19.7 Å². The smallest absolute Gasteiger partial charge is 0.133 e. The van der Waals surface area contributed by atoms with E-state index in [-0.39, 0.29) is 23.6 Å². The quantitative estimate of drug-likeness (QED) is 0.231. The first-order chi connectivity index (χ1) is 23.3. The molecule has 0 radical (unpaired) electrons. The van der Waals surface area contributed by atoms with Gasteiger partial charge >= 0.3 is 0 Å². The third-order valence-electron chi connectivity index (χ3n) is 10.4. The minimum atomic E-state index is -1.01. The first-order valence-corrected chi connectivity index (χ1v) is 18.5. The lowest BCUT2D eigenvalue weighted by Gasteiger charge is -2.39. The number of allylic oxidation sites excluding steroid dienone is 3. The summed E-state index contributed by atoms with van der Waals surface area (Å²) in [5, 5.41) is 0.530. The van der Waals surface area contributed by atoms with Gasteiger partial charge in [0.25, 0.3) is 0 Å². The van der Waals surface area contributed by atoms with Crippen LogP contribution in [0.1, 0.15) is 70.1 Å². The Morgan fingerprint density at radius 3 is 2.37 bits per heavy atom. The molecule has 1 aliphatic carbocycles. The molecule has 3 aromatic rings. The fraction of sp³-hybridized carbons (Fsp3) is 0.333. The molecule has 2 atom stereocenters. The Bertz CT molecular complexity index is 2020. The minimum absolute atomic E-state index is 0.131. The third kappa shape index (κ3) is 6.47. The molecule has 1 saturated heterocycles. The van der Waals surface area contributed by atoms with Crippen molar-refractivity contribution >= 4 is 49.7 Å². The second-order valence-corrected chi connectivity index (χ2v) is 15.7. The van der Waals surface area contributed by atoms with Crippen LogP contribution in [0.25, 0.3) is 12.2 Å². The zero-order chi connectivity index (χ0) is 35.2. The van der Waals surface area contributed by atoms with Gasteiger partial charge in [-0.3, -0.25) is 0 Å². The predicted octanol–water partition coefficient (Wildman–Crippen LogP) is 10.6. The van der Waals surface area contributed by atoms with Gasteiger partial charge in [-0.05, 0) is 113 Å². The number of ether oxygens (including phenoxy) is 1. The van der Waals surface area contributed by atoms with Crippen LogP contribution in [0.5, 0.6) is 0 Å². The summed E-state index contributed by atoms with van der Waals surface area (Å²) in [5.74, 6) is -1.92. The molecule has 1 fully saturated rings. The van der Waals surface area contributed by atoms with Crippen LogP contribution in [-0.2, 0) is 15.8 Å². The van der Waals surface area contributed by atoms with Gasteiger partial charge in [0, 0.05) is 50.3 Å². The Morgan fingerprint density at radius 1 is 1.04 bits per heavy atom. The average Bonchev–Trinajstić information content (AvgIpc) is 3.32. The highest BCUT2D eigenvalue weighted by atomic mass is 79.9. The van der Waals surface area contributed by atoms with Gasteiger partial charge in [0.05, 0.1) is 12.4 Å². The maximum absolute atomic E-state index is 15.1. The normalized spacial score (nSPS) is 23.9. The van der Waals surface area contributed by atoms with E-state index in [1.165, 1.54) is 37.1 Å². The molecule has 0 spiro atoms. The first kappa shape index (κ1) is 35.7. The van der Waals surface area contributed by atoms with E-state index in [1.807, 2.05) is 25.1 Å². The van der Waals surface area contributed by atoms with Crippen molar-refractivity contribution in [3.63, 3.8) is 0 Å². The lowest BCUT2D eigenvalue weighted by Crippen LogP contribution is -2.35. The number of anilines is 1. The van der Waals surface area contributed by atoms with Crippen molar-refractivity contribution in [2.45, 2.75) is 64.4 Å². The van der Waals surface area contributed by atoms with E-state index in [0.717, 1.165) is 67.1 Å². The number of benzene rings is 3. The van der Waals surface area contributed by atoms with Gasteiger partial charge in [-0.2, -0.15) is 0 Å². The van der Waals surface area contributed by atoms with Gasteiger partial charge in [0.15, 0.2) is 0 Å². The molecular formula is C42H42Br2F3NO. The molecule has 0 N–H and O–H groups in total. The van der Waals surface area contributed by atoms with Crippen molar-refractivity contribution < 1.29 is 17.9 Å². The van der Waals surface area contributed by atoms with Crippen molar-refractivity contribution in [3.05, 3.63) is 144 Å². The Labute approximate surface area is 304 Å². The van der Waals surface area contributed by atoms with Gasteiger partial charge in [-0.1, -0.05) is 90.1 Å². The summed E-state index contributed by atoms with van der Waals surface area (Å²) in [5.41, 5.74) is 5.64. The lowest BCUT2D eigenvalue weighted by atomic mass is 9.76. The molecule has 256 valence electrons. The van der Waals surface area contributed by atoms with Gasteiger partial charge in [0.2, 0.25) is 0 Å². The average molecular weight is 794 g/mol. The molecular weight excluding hydrogens is 751 g/mol. The number of rotatable bonds is 6. The van der Waals surface area contributed by atoms with Crippen molar-refractivity contribution in [1.29, 1.82) is 0 Å². The van der Waals surface area contributed by atoms with Crippen LogP contribution in [0, 0.1) is 17.6 Å². The predicted molar refractivity (Wildman–Crippen MR) is 203 cm³/mol. The molecule has 0 amide bonds. The minimum Gasteiger partial charge on any atom is -0.372 e. The summed E-state index contributed by atoms with van der Waals surface area (Å²) in [6.07, 6.45) is 9.61. The fourth-order valence-corrected chi connectivity index (χ4v) is 9.61. The molecule has 6 rings (SSSR count). The maximum atomic E-state index is 15.1. The number of fused-ring (bicyclic) bond motifs is 1. The topological polar surface area (TPSA) is 12.5 Å². The van der Waals surface area contributed by atoms with E-state index in [2.05, 4.69) is 94.1 Å². The van der Waals surface area contributed by atoms with E-state index >= 15 is 4.39 Å². The fourth-order valence-electron chi connectivity index (χ4n) is 7.89. The number of hydrogen-bond acceptors (Lipinski definition) is 2. The number of nitrogens with zero attached hydrogens (tertiary/aromatic N) is 1. The zero-order valence-corrected chi connectivity index (χ0v) is 31.7. The molecule has 2 nitrogen and oxygen atoms in total. The highest BCUT2D eigenvalue weighted by Gasteiger charge is 2.44. The molecule has 49 heavy (non-hydrogen) atoms. The molecule has 0 saturated carbocycles. The molecule has 2 heterocycles. The summed E-state index contributed by atoms with van der Waals surface area (Å²) in [4.78, 5) is 2.41. The van der Waals surface area contributed by atoms with Gasteiger partial charge in [0.1, 0.15) is 17.2 Å². The van der Waals surface area contributed by atoms with Crippen LogP contribution in [0.4, 0.5) is 18.9 Å². The van der Waals surface area contributed by atoms with Crippen LogP contribution in [0.3, 0.4) is 0 Å². The van der Waals surface area contributed by atoms with Crippen LogP contribution in [0.15, 0.2) is 105 Å². The van der Waals surface area contributed by atoms with E-state index in [1.54, 1.807) is 6.92 Å². The maximum Gasteiger partial charge on any atom is 0.133 e. The van der Waals surface area contributed by atoms with Gasteiger partial charge < -0.3 is 9.64 Å². The summed E-state index contributed by atoms with van der Waals surface area (Å²) in [6.45, 7) is 18.6. The van der Waals surface area contributed by atoms with Crippen molar-refractivity contribution in [1.82, 2.24) is 0 Å². The second kappa shape index (κ2) is 13.9. The summed E-state index contributed by atoms with van der Waals surface area (Å²) >= 11 is 7.42. The Morgan fingerprint density at radius 2 is 1.73 bits per heavy atom. The molecule has 0 aromatic heterocycles. The van der Waals surface area contributed by atoms with Crippen molar-refractivity contribution in [2.75, 3.05) is 24.6 Å². The lowest BCUT2D eigenvalue weighted by molar-refractivity contribution is 0.0221. The highest BCUT2D eigenvalue weighted by Crippen LogP contribution is 2.54. The number of halogens is 5. The van der Waals surface area contributed by atoms with Gasteiger partial charge in [-0.25, -0.2) is 13.2 Å².